The molecule has 2 aromatic carbocycles. The highest BCUT2D eigenvalue weighted by atomic mass is 79.9. The van der Waals surface area contributed by atoms with Gasteiger partial charge >= 0.3 is 0 Å². The molecule has 0 fully saturated rings. The Morgan fingerprint density at radius 3 is 2.58 bits per heavy atom. The summed E-state index contributed by atoms with van der Waals surface area (Å²) in [5.74, 6) is 0. The first-order valence-electron chi connectivity index (χ1n) is 6.19. The molecule has 96 valence electrons. The molecule has 1 aromatic heterocycles. The van der Waals surface area contributed by atoms with Crippen LogP contribution in [-0.4, -0.2) is 7.05 Å². The lowest BCUT2D eigenvalue weighted by Crippen LogP contribution is -2.18. The molecule has 1 nitrogen and oxygen atoms in total. The van der Waals surface area contributed by atoms with Gasteiger partial charge in [-0.05, 0) is 41.1 Å². The summed E-state index contributed by atoms with van der Waals surface area (Å²) in [5.41, 5.74) is 2.60. The molecule has 0 aliphatic heterocycles. The normalized spacial score (nSPS) is 12.7. The van der Waals surface area contributed by atoms with Gasteiger partial charge in [0, 0.05) is 9.17 Å². The molecular weight excluding hydrogens is 318 g/mol. The van der Waals surface area contributed by atoms with Gasteiger partial charge in [0.25, 0.3) is 0 Å². The highest BCUT2D eigenvalue weighted by Gasteiger charge is 2.17. The van der Waals surface area contributed by atoms with Crippen molar-refractivity contribution in [1.29, 1.82) is 0 Å². The van der Waals surface area contributed by atoms with Crippen molar-refractivity contribution in [3.8, 4) is 0 Å². The van der Waals surface area contributed by atoms with E-state index in [0.717, 1.165) is 4.47 Å². The van der Waals surface area contributed by atoms with Gasteiger partial charge in [-0.15, -0.1) is 11.3 Å². The van der Waals surface area contributed by atoms with Crippen molar-refractivity contribution in [2.24, 2.45) is 0 Å². The number of fused-ring (bicyclic) bond motifs is 1. The molecule has 1 N–H and O–H groups in total. The molecule has 1 atom stereocenters. The largest absolute Gasteiger partial charge is 0.309 e. The number of thiophene rings is 1. The molecule has 0 aliphatic rings. The molecule has 3 aromatic rings. The summed E-state index contributed by atoms with van der Waals surface area (Å²) in [5, 5.41) is 6.90. The number of hydrogen-bond donors (Lipinski definition) is 1. The van der Waals surface area contributed by atoms with E-state index in [1.54, 1.807) is 11.3 Å². The topological polar surface area (TPSA) is 12.0 Å². The highest BCUT2D eigenvalue weighted by Crippen LogP contribution is 2.34. The minimum Gasteiger partial charge on any atom is -0.309 e. The minimum atomic E-state index is 0.206. The van der Waals surface area contributed by atoms with E-state index in [1.807, 2.05) is 13.1 Å². The summed E-state index contributed by atoms with van der Waals surface area (Å²) in [6, 6.07) is 17.3. The van der Waals surface area contributed by atoms with E-state index in [4.69, 9.17) is 0 Å². The van der Waals surface area contributed by atoms with Crippen molar-refractivity contribution in [2.45, 2.75) is 6.04 Å². The van der Waals surface area contributed by atoms with Crippen molar-refractivity contribution in [1.82, 2.24) is 5.32 Å². The van der Waals surface area contributed by atoms with Gasteiger partial charge in [0.2, 0.25) is 0 Å². The second-order valence-electron chi connectivity index (χ2n) is 4.43. The van der Waals surface area contributed by atoms with Crippen LogP contribution in [0.25, 0.3) is 10.1 Å². The second-order valence-corrected chi connectivity index (χ2v) is 6.20. The van der Waals surface area contributed by atoms with Crippen LogP contribution in [0, 0.1) is 0 Å². The first-order valence-corrected chi connectivity index (χ1v) is 7.86. The molecule has 0 amide bonds. The smallest absolute Gasteiger partial charge is 0.0599 e. The first kappa shape index (κ1) is 12.9. The quantitative estimate of drug-likeness (QED) is 0.714. The fourth-order valence-corrected chi connectivity index (χ4v) is 3.89. The van der Waals surface area contributed by atoms with E-state index in [1.165, 1.54) is 21.2 Å². The van der Waals surface area contributed by atoms with Gasteiger partial charge < -0.3 is 5.32 Å². The number of hydrogen-bond acceptors (Lipinski definition) is 2. The van der Waals surface area contributed by atoms with E-state index < -0.39 is 0 Å². The third-order valence-corrected chi connectivity index (χ3v) is 5.03. The highest BCUT2D eigenvalue weighted by molar-refractivity contribution is 9.10. The van der Waals surface area contributed by atoms with Crippen LogP contribution in [0.4, 0.5) is 0 Å². The predicted octanol–water partition coefficient (Wildman–Crippen LogP) is 4.97. The van der Waals surface area contributed by atoms with Crippen molar-refractivity contribution in [3.05, 3.63) is 69.5 Å². The van der Waals surface area contributed by atoms with Crippen LogP contribution in [0.3, 0.4) is 0 Å². The average Bonchev–Trinajstić information content (AvgIpc) is 2.91. The Hall–Kier alpha value is -1.16. The van der Waals surface area contributed by atoms with Gasteiger partial charge in [0.1, 0.15) is 0 Å². The Bertz CT molecular complexity index is 705. The summed E-state index contributed by atoms with van der Waals surface area (Å²) in [6.45, 7) is 0. The number of rotatable bonds is 3. The number of halogens is 1. The molecule has 3 heteroatoms. The third-order valence-electron chi connectivity index (χ3n) is 3.33. The van der Waals surface area contributed by atoms with Crippen LogP contribution < -0.4 is 5.32 Å². The molecule has 3 rings (SSSR count). The Labute approximate surface area is 125 Å². The van der Waals surface area contributed by atoms with Gasteiger partial charge in [-0.3, -0.25) is 0 Å². The summed E-state index contributed by atoms with van der Waals surface area (Å²) in [6.07, 6.45) is 0. The Morgan fingerprint density at radius 1 is 1.00 bits per heavy atom. The molecule has 0 saturated carbocycles. The van der Waals surface area contributed by atoms with Gasteiger partial charge in [-0.1, -0.05) is 52.3 Å². The third kappa shape index (κ3) is 2.34. The Balaban J connectivity index is 2.18. The van der Waals surface area contributed by atoms with Gasteiger partial charge in [-0.25, -0.2) is 0 Å². The summed E-state index contributed by atoms with van der Waals surface area (Å²) < 4.78 is 2.50. The second kappa shape index (κ2) is 5.45. The molecule has 0 radical (unpaired) electrons. The van der Waals surface area contributed by atoms with Gasteiger partial charge in [0.15, 0.2) is 0 Å². The van der Waals surface area contributed by atoms with E-state index in [0.29, 0.717) is 0 Å². The molecule has 0 saturated heterocycles. The van der Waals surface area contributed by atoms with Crippen LogP contribution in [-0.2, 0) is 0 Å². The lowest BCUT2D eigenvalue weighted by molar-refractivity contribution is 0.695. The molecule has 1 unspecified atom stereocenters. The lowest BCUT2D eigenvalue weighted by atomic mass is 9.98. The fraction of sp³-hybridized carbons (Fsp3) is 0.125. The standard InChI is InChI=1S/C16H14BrNS/c1-18-15(12-6-2-3-8-14(12)17)13-7-4-5-11-9-10-19-16(11)13/h2-10,15,18H,1H3. The van der Waals surface area contributed by atoms with E-state index in [9.17, 15) is 0 Å². The first-order chi connectivity index (χ1) is 9.31. The van der Waals surface area contributed by atoms with Crippen molar-refractivity contribution in [3.63, 3.8) is 0 Å². The molecule has 0 bridgehead atoms. The predicted molar refractivity (Wildman–Crippen MR) is 86.9 cm³/mol. The molecule has 1 heterocycles. The molecule has 0 spiro atoms. The van der Waals surface area contributed by atoms with E-state index in [2.05, 4.69) is 69.1 Å². The molecular formula is C16H14BrNS. The number of benzene rings is 2. The van der Waals surface area contributed by atoms with E-state index in [-0.39, 0.29) is 6.04 Å². The van der Waals surface area contributed by atoms with Crippen LogP contribution in [0.15, 0.2) is 58.4 Å². The van der Waals surface area contributed by atoms with Crippen LogP contribution in [0.5, 0.6) is 0 Å². The molecule has 0 aliphatic carbocycles. The van der Waals surface area contributed by atoms with Crippen LogP contribution in [0.2, 0.25) is 0 Å². The SMILES string of the molecule is CNC(c1ccccc1Br)c1cccc2ccsc12. The maximum absolute atomic E-state index is 3.65. The average molecular weight is 332 g/mol. The van der Waals surface area contributed by atoms with Crippen molar-refractivity contribution >= 4 is 37.4 Å². The minimum absolute atomic E-state index is 0.206. The Kier molecular flexibility index (Phi) is 3.69. The monoisotopic (exact) mass is 331 g/mol. The van der Waals surface area contributed by atoms with Gasteiger partial charge in [0.05, 0.1) is 6.04 Å². The zero-order chi connectivity index (χ0) is 13.2. The van der Waals surface area contributed by atoms with Crippen LogP contribution >= 0.6 is 27.3 Å². The van der Waals surface area contributed by atoms with Gasteiger partial charge in [-0.2, -0.15) is 0 Å². The zero-order valence-corrected chi connectivity index (χ0v) is 13.0. The summed E-state index contributed by atoms with van der Waals surface area (Å²) in [7, 11) is 2.01. The van der Waals surface area contributed by atoms with Crippen molar-refractivity contribution < 1.29 is 0 Å². The maximum Gasteiger partial charge on any atom is 0.0599 e. The summed E-state index contributed by atoms with van der Waals surface area (Å²) in [4.78, 5) is 0. The van der Waals surface area contributed by atoms with E-state index >= 15 is 0 Å². The lowest BCUT2D eigenvalue weighted by Gasteiger charge is -2.19. The zero-order valence-electron chi connectivity index (χ0n) is 10.6. The van der Waals surface area contributed by atoms with Crippen LogP contribution in [0.1, 0.15) is 17.2 Å². The maximum atomic E-state index is 3.65. The Morgan fingerprint density at radius 2 is 1.79 bits per heavy atom. The molecule has 19 heavy (non-hydrogen) atoms. The van der Waals surface area contributed by atoms with Crippen molar-refractivity contribution in [2.75, 3.05) is 7.05 Å². The number of nitrogens with one attached hydrogen (secondary N) is 1. The summed E-state index contributed by atoms with van der Waals surface area (Å²) >= 11 is 5.46. The fourth-order valence-electron chi connectivity index (χ4n) is 2.43.